The molecule has 0 radical (unpaired) electrons. The molecule has 0 aromatic heterocycles. The quantitative estimate of drug-likeness (QED) is 0.532. The molecule has 0 unspecified atom stereocenters. The van der Waals surface area contributed by atoms with Crippen LogP contribution in [0.2, 0.25) is 0 Å². The maximum Gasteiger partial charge on any atom is 0.172 e. The lowest BCUT2D eigenvalue weighted by Crippen LogP contribution is -2.29. The van der Waals surface area contributed by atoms with E-state index in [2.05, 4.69) is 0 Å². The van der Waals surface area contributed by atoms with E-state index in [1.54, 1.807) is 72.8 Å². The van der Waals surface area contributed by atoms with Gasteiger partial charge in [-0.2, -0.15) is 0 Å². The summed E-state index contributed by atoms with van der Waals surface area (Å²) in [7, 11) is -3.35. The first-order valence-electron chi connectivity index (χ1n) is 7.47. The molecule has 3 aromatic rings. The number of carbonyl (C=O) groups excluding carboxylic acids is 2. The van der Waals surface area contributed by atoms with Crippen molar-refractivity contribution in [2.75, 3.05) is 0 Å². The van der Waals surface area contributed by atoms with Crippen LogP contribution in [-0.4, -0.2) is 12.6 Å². The van der Waals surface area contributed by atoms with E-state index in [4.69, 9.17) is 0 Å². The van der Waals surface area contributed by atoms with Gasteiger partial charge >= 0.3 is 0 Å². The van der Waals surface area contributed by atoms with Crippen LogP contribution in [0, 0.1) is 0 Å². The summed E-state index contributed by atoms with van der Waals surface area (Å²) in [6.45, 7) is 0. The SMILES string of the molecule is O=Cc1ccccc1P(=O)(c1ccccc1)c1ccccc1C=O. The van der Waals surface area contributed by atoms with E-state index in [0.717, 1.165) is 0 Å². The van der Waals surface area contributed by atoms with Gasteiger partial charge in [0.2, 0.25) is 0 Å². The second-order valence-electron chi connectivity index (χ2n) is 5.30. The summed E-state index contributed by atoms with van der Waals surface area (Å²) in [5.74, 6) is 0. The van der Waals surface area contributed by atoms with Gasteiger partial charge in [-0.3, -0.25) is 9.59 Å². The minimum atomic E-state index is -3.35. The number of carbonyl (C=O) groups is 2. The largest absolute Gasteiger partial charge is 0.309 e. The van der Waals surface area contributed by atoms with Crippen molar-refractivity contribution in [1.29, 1.82) is 0 Å². The highest BCUT2D eigenvalue weighted by molar-refractivity contribution is 7.85. The van der Waals surface area contributed by atoms with Crippen molar-refractivity contribution in [3.8, 4) is 0 Å². The molecule has 3 rings (SSSR count). The molecule has 0 bridgehead atoms. The van der Waals surface area contributed by atoms with Crippen LogP contribution in [0.4, 0.5) is 0 Å². The fourth-order valence-electron chi connectivity index (χ4n) is 2.79. The molecule has 4 heteroatoms. The van der Waals surface area contributed by atoms with Gasteiger partial charge < -0.3 is 4.57 Å². The summed E-state index contributed by atoms with van der Waals surface area (Å²) in [6, 6.07) is 22.6. The van der Waals surface area contributed by atoms with Crippen molar-refractivity contribution in [3.63, 3.8) is 0 Å². The number of rotatable bonds is 5. The zero-order valence-electron chi connectivity index (χ0n) is 12.8. The highest BCUT2D eigenvalue weighted by Gasteiger charge is 2.33. The van der Waals surface area contributed by atoms with Crippen LogP contribution in [0.15, 0.2) is 78.9 Å². The van der Waals surface area contributed by atoms with Gasteiger partial charge in [-0.05, 0) is 0 Å². The first-order chi connectivity index (χ1) is 11.7. The summed E-state index contributed by atoms with van der Waals surface area (Å²) in [5, 5.41) is 1.48. The van der Waals surface area contributed by atoms with Gasteiger partial charge in [0.25, 0.3) is 0 Å². The van der Waals surface area contributed by atoms with Gasteiger partial charge in [-0.1, -0.05) is 78.9 Å². The Morgan fingerprint density at radius 2 is 1.00 bits per heavy atom. The predicted molar refractivity (Wildman–Crippen MR) is 96.6 cm³/mol. The van der Waals surface area contributed by atoms with E-state index in [0.29, 0.717) is 39.6 Å². The lowest BCUT2D eigenvalue weighted by Gasteiger charge is -2.22. The van der Waals surface area contributed by atoms with Crippen molar-refractivity contribution in [2.45, 2.75) is 0 Å². The Morgan fingerprint density at radius 1 is 0.583 bits per heavy atom. The van der Waals surface area contributed by atoms with E-state index in [-0.39, 0.29) is 0 Å². The highest BCUT2D eigenvalue weighted by Crippen LogP contribution is 2.43. The Morgan fingerprint density at radius 3 is 1.46 bits per heavy atom. The van der Waals surface area contributed by atoms with E-state index in [1.807, 2.05) is 6.07 Å². The summed E-state index contributed by atoms with van der Waals surface area (Å²) in [4.78, 5) is 23.0. The fraction of sp³-hybridized carbons (Fsp3) is 0. The molecule has 24 heavy (non-hydrogen) atoms. The average molecular weight is 334 g/mol. The molecule has 0 heterocycles. The summed E-state index contributed by atoms with van der Waals surface area (Å²) < 4.78 is 14.3. The van der Waals surface area contributed by atoms with E-state index >= 15 is 0 Å². The lowest BCUT2D eigenvalue weighted by atomic mass is 10.2. The van der Waals surface area contributed by atoms with E-state index in [9.17, 15) is 14.2 Å². The van der Waals surface area contributed by atoms with Gasteiger partial charge in [0.1, 0.15) is 0 Å². The second-order valence-corrected chi connectivity index (χ2v) is 8.00. The molecule has 0 atom stereocenters. The lowest BCUT2D eigenvalue weighted by molar-refractivity contribution is 0.111. The minimum Gasteiger partial charge on any atom is -0.309 e. The summed E-state index contributed by atoms with van der Waals surface area (Å²) in [6.07, 6.45) is 1.41. The number of hydrogen-bond donors (Lipinski definition) is 0. The average Bonchev–Trinajstić information content (AvgIpc) is 2.68. The molecule has 0 aliphatic rings. The van der Waals surface area contributed by atoms with Gasteiger partial charge in [0.15, 0.2) is 19.7 Å². The topological polar surface area (TPSA) is 51.2 Å². The van der Waals surface area contributed by atoms with Gasteiger partial charge in [-0.15, -0.1) is 0 Å². The van der Waals surface area contributed by atoms with Gasteiger partial charge in [0, 0.05) is 27.0 Å². The molecular formula is C20H15O3P. The number of aldehydes is 2. The summed E-state index contributed by atoms with van der Waals surface area (Å²) in [5.41, 5.74) is 0.732. The molecule has 0 fully saturated rings. The standard InChI is InChI=1S/C20H15O3P/c21-14-16-8-4-6-12-19(16)24(23,18-10-2-1-3-11-18)20-13-7-5-9-17(20)15-22/h1-15H. The molecule has 0 aliphatic carbocycles. The maximum atomic E-state index is 14.3. The van der Waals surface area contributed by atoms with Crippen LogP contribution in [-0.2, 0) is 4.57 Å². The van der Waals surface area contributed by atoms with Crippen LogP contribution >= 0.6 is 7.14 Å². The molecule has 0 saturated carbocycles. The van der Waals surface area contributed by atoms with E-state index < -0.39 is 7.14 Å². The Labute approximate surface area is 140 Å². The molecule has 3 nitrogen and oxygen atoms in total. The first-order valence-corrected chi connectivity index (χ1v) is 9.17. The molecule has 118 valence electrons. The van der Waals surface area contributed by atoms with Crippen molar-refractivity contribution in [3.05, 3.63) is 90.0 Å². The first kappa shape index (κ1) is 16.1. The Balaban J connectivity index is 2.41. The van der Waals surface area contributed by atoms with E-state index in [1.165, 1.54) is 0 Å². The van der Waals surface area contributed by atoms with Crippen LogP contribution in [0.1, 0.15) is 20.7 Å². The number of hydrogen-bond acceptors (Lipinski definition) is 3. The third-order valence-electron chi connectivity index (χ3n) is 3.93. The predicted octanol–water partition coefficient (Wildman–Crippen LogP) is 2.95. The molecular weight excluding hydrogens is 319 g/mol. The fourth-order valence-corrected chi connectivity index (χ4v) is 5.78. The Kier molecular flexibility index (Phi) is 4.54. The maximum absolute atomic E-state index is 14.3. The Hall–Kier alpha value is -2.77. The number of benzene rings is 3. The second kappa shape index (κ2) is 6.77. The molecule has 0 saturated heterocycles. The zero-order chi connectivity index (χ0) is 17.0. The molecule has 0 amide bonds. The van der Waals surface area contributed by atoms with Gasteiger partial charge in [0.05, 0.1) is 0 Å². The third kappa shape index (κ3) is 2.64. The van der Waals surface area contributed by atoms with Crippen molar-refractivity contribution in [1.82, 2.24) is 0 Å². The highest BCUT2D eigenvalue weighted by atomic mass is 31.2. The van der Waals surface area contributed by atoms with Gasteiger partial charge in [-0.25, -0.2) is 0 Å². The monoisotopic (exact) mass is 334 g/mol. The third-order valence-corrected chi connectivity index (χ3v) is 7.12. The minimum absolute atomic E-state index is 0.366. The molecule has 0 spiro atoms. The van der Waals surface area contributed by atoms with Crippen LogP contribution < -0.4 is 15.9 Å². The molecule has 3 aromatic carbocycles. The van der Waals surface area contributed by atoms with Crippen molar-refractivity contribution < 1.29 is 14.2 Å². The molecule has 0 N–H and O–H groups in total. The molecule has 0 aliphatic heterocycles. The summed E-state index contributed by atoms with van der Waals surface area (Å²) >= 11 is 0. The van der Waals surface area contributed by atoms with Crippen LogP contribution in [0.25, 0.3) is 0 Å². The van der Waals surface area contributed by atoms with Crippen LogP contribution in [0.3, 0.4) is 0 Å². The smallest absolute Gasteiger partial charge is 0.172 e. The van der Waals surface area contributed by atoms with Crippen LogP contribution in [0.5, 0.6) is 0 Å². The normalized spacial score (nSPS) is 11.0. The Bertz CT molecular complexity index is 877. The van der Waals surface area contributed by atoms with Crippen molar-refractivity contribution in [2.24, 2.45) is 0 Å². The zero-order valence-corrected chi connectivity index (χ0v) is 13.7. The van der Waals surface area contributed by atoms with Crippen molar-refractivity contribution >= 4 is 35.6 Å².